The Labute approximate surface area is 245 Å². The fourth-order valence-corrected chi connectivity index (χ4v) is 6.84. The summed E-state index contributed by atoms with van der Waals surface area (Å²) < 4.78 is 2.46. The van der Waals surface area contributed by atoms with Crippen molar-refractivity contribution < 1.29 is 14.5 Å². The Morgan fingerprint density at radius 3 is 2.41 bits per heavy atom. The first kappa shape index (κ1) is 28.6. The normalized spacial score (nSPS) is 18.3. The highest BCUT2D eigenvalue weighted by Crippen LogP contribution is 2.47. The number of hydrogen-bond donors (Lipinski definition) is 1. The molecule has 212 valence electrons. The number of carbonyl (C=O) groups is 1. The Balaban J connectivity index is 1.44. The van der Waals surface area contributed by atoms with E-state index in [0.29, 0.717) is 6.42 Å². The Morgan fingerprint density at radius 1 is 0.878 bits per heavy atom. The molecular formula is C37H43N2O2+. The molecule has 5 rings (SSSR count). The van der Waals surface area contributed by atoms with Gasteiger partial charge in [0.05, 0.1) is 5.41 Å². The van der Waals surface area contributed by atoms with E-state index in [9.17, 15) is 4.79 Å². The minimum absolute atomic E-state index is 0.0387. The number of likely N-dealkylation sites (N-methyl/N-ethyl adjacent to an activating group) is 1. The topological polar surface area (TPSA) is 43.5 Å². The van der Waals surface area contributed by atoms with E-state index in [-0.39, 0.29) is 17.3 Å². The molecule has 2 heterocycles. The molecule has 0 fully saturated rings. The number of carboxylic acid groups (broad SMARTS) is 1. The third kappa shape index (κ3) is 5.28. The van der Waals surface area contributed by atoms with Gasteiger partial charge in [-0.2, -0.15) is 4.58 Å². The summed E-state index contributed by atoms with van der Waals surface area (Å²) in [6.07, 6.45) is 13.8. The number of aliphatic carboxylic acids is 1. The summed E-state index contributed by atoms with van der Waals surface area (Å²) in [6.45, 7) is 13.3. The molecule has 0 unspecified atom stereocenters. The van der Waals surface area contributed by atoms with Crippen molar-refractivity contribution in [1.29, 1.82) is 0 Å². The molecule has 0 bridgehead atoms. The van der Waals surface area contributed by atoms with Crippen LogP contribution in [0.5, 0.6) is 0 Å². The summed E-state index contributed by atoms with van der Waals surface area (Å²) in [5.41, 5.74) is 7.73. The molecule has 4 nitrogen and oxygen atoms in total. The number of unbranched alkanes of at least 4 members (excludes halogenated alkanes) is 2. The zero-order valence-electron chi connectivity index (χ0n) is 25.2. The zero-order chi connectivity index (χ0) is 29.2. The molecule has 0 radical (unpaired) electrons. The summed E-state index contributed by atoms with van der Waals surface area (Å²) in [6, 6.07) is 21.9. The average molecular weight is 548 g/mol. The van der Waals surface area contributed by atoms with Crippen LogP contribution in [0, 0.1) is 0 Å². The number of nitrogens with zero attached hydrogens (tertiary/aromatic N) is 2. The van der Waals surface area contributed by atoms with Crippen molar-refractivity contribution in [2.24, 2.45) is 0 Å². The second kappa shape index (κ2) is 11.5. The highest BCUT2D eigenvalue weighted by atomic mass is 16.4. The quantitative estimate of drug-likeness (QED) is 0.157. The minimum atomic E-state index is -0.715. The number of rotatable bonds is 10. The molecule has 41 heavy (non-hydrogen) atoms. The van der Waals surface area contributed by atoms with Crippen LogP contribution >= 0.6 is 0 Å². The van der Waals surface area contributed by atoms with E-state index >= 15 is 0 Å². The first-order chi connectivity index (χ1) is 19.7. The van der Waals surface area contributed by atoms with Crippen molar-refractivity contribution in [3.05, 3.63) is 108 Å². The van der Waals surface area contributed by atoms with Gasteiger partial charge in [-0.15, -0.1) is 0 Å². The second-order valence-electron chi connectivity index (χ2n) is 12.2. The lowest BCUT2D eigenvalue weighted by Crippen LogP contribution is -2.28. The molecule has 2 aliphatic heterocycles. The fourth-order valence-electron chi connectivity index (χ4n) is 6.84. The summed E-state index contributed by atoms with van der Waals surface area (Å²) >= 11 is 0. The van der Waals surface area contributed by atoms with E-state index in [1.807, 2.05) is 0 Å². The van der Waals surface area contributed by atoms with Crippen molar-refractivity contribution in [3.8, 4) is 0 Å². The molecule has 1 N–H and O–H groups in total. The van der Waals surface area contributed by atoms with E-state index in [2.05, 4.69) is 135 Å². The van der Waals surface area contributed by atoms with E-state index in [0.717, 1.165) is 25.9 Å². The molecule has 3 aromatic carbocycles. The van der Waals surface area contributed by atoms with Crippen molar-refractivity contribution in [3.63, 3.8) is 0 Å². The standard InChI is InChI=1S/C37H42N2O2/c1-6-38-30-20-15-14-19-29(30)36(2,3)32(38)21-9-7-10-22-33-37(4,5)35-28-18-13-12-17-27(28)24-25-31(35)39(33)26-16-8-11-23-34(40)41/h7,9-10,12-15,17-22,24-25H,6,8,11,16,23,26H2,1-5H3/p+1. The van der Waals surface area contributed by atoms with Gasteiger partial charge in [0.25, 0.3) is 0 Å². The molecule has 2 aliphatic rings. The van der Waals surface area contributed by atoms with Crippen molar-refractivity contribution in [2.45, 2.75) is 71.1 Å². The zero-order valence-corrected chi connectivity index (χ0v) is 25.2. The largest absolute Gasteiger partial charge is 0.481 e. The Morgan fingerprint density at radius 2 is 1.63 bits per heavy atom. The fraction of sp³-hybridized carbons (Fsp3) is 0.351. The lowest BCUT2D eigenvalue weighted by atomic mass is 9.79. The summed E-state index contributed by atoms with van der Waals surface area (Å²) in [5, 5.41) is 11.6. The smallest absolute Gasteiger partial charge is 0.303 e. The van der Waals surface area contributed by atoms with Crippen LogP contribution in [-0.2, 0) is 15.6 Å². The third-order valence-electron chi connectivity index (χ3n) is 8.87. The lowest BCUT2D eigenvalue weighted by molar-refractivity contribution is -0.438. The number of benzene rings is 3. The maximum Gasteiger partial charge on any atom is 0.303 e. The van der Waals surface area contributed by atoms with Crippen molar-refractivity contribution >= 4 is 33.8 Å². The number of anilines is 1. The molecule has 4 heteroatoms. The van der Waals surface area contributed by atoms with Crippen molar-refractivity contribution in [1.82, 2.24) is 0 Å². The molecule has 0 amide bonds. The summed E-state index contributed by atoms with van der Waals surface area (Å²) in [5.74, 6) is -0.715. The lowest BCUT2D eigenvalue weighted by Gasteiger charge is -2.25. The van der Waals surface area contributed by atoms with Crippen LogP contribution in [0.1, 0.15) is 71.4 Å². The van der Waals surface area contributed by atoms with Crippen LogP contribution in [0.3, 0.4) is 0 Å². The third-order valence-corrected chi connectivity index (χ3v) is 8.87. The minimum Gasteiger partial charge on any atom is -0.481 e. The van der Waals surface area contributed by atoms with Gasteiger partial charge in [0.2, 0.25) is 5.69 Å². The van der Waals surface area contributed by atoms with Gasteiger partial charge >= 0.3 is 5.97 Å². The van der Waals surface area contributed by atoms with Gasteiger partial charge in [0.1, 0.15) is 6.54 Å². The van der Waals surface area contributed by atoms with Crippen LogP contribution < -0.4 is 4.90 Å². The van der Waals surface area contributed by atoms with Gasteiger partial charge in [0, 0.05) is 53.9 Å². The van der Waals surface area contributed by atoms with Gasteiger partial charge in [-0.05, 0) is 68.2 Å². The van der Waals surface area contributed by atoms with Gasteiger partial charge in [-0.1, -0.05) is 74.5 Å². The molecule has 0 atom stereocenters. The van der Waals surface area contributed by atoms with Gasteiger partial charge in [0.15, 0.2) is 5.71 Å². The SMILES string of the molecule is CCN1/C(=C/C=C/C=C/C2=[N+](CCCCCC(=O)O)c3ccc4ccccc4c3C2(C)C)C(C)(C)c2ccccc21. The first-order valence-corrected chi connectivity index (χ1v) is 15.0. The Bertz CT molecular complexity index is 1590. The van der Waals surface area contributed by atoms with Crippen LogP contribution in [0.4, 0.5) is 11.4 Å². The molecular weight excluding hydrogens is 504 g/mol. The van der Waals surface area contributed by atoms with E-state index < -0.39 is 5.97 Å². The Kier molecular flexibility index (Phi) is 8.04. The predicted molar refractivity (Wildman–Crippen MR) is 172 cm³/mol. The van der Waals surface area contributed by atoms with Crippen LogP contribution in [0.25, 0.3) is 10.8 Å². The van der Waals surface area contributed by atoms with Gasteiger partial charge in [-0.3, -0.25) is 4.79 Å². The summed E-state index contributed by atoms with van der Waals surface area (Å²) in [4.78, 5) is 13.4. The number of fused-ring (bicyclic) bond motifs is 4. The van der Waals surface area contributed by atoms with Crippen LogP contribution in [0.15, 0.2) is 96.7 Å². The first-order valence-electron chi connectivity index (χ1n) is 15.0. The molecule has 0 aliphatic carbocycles. The molecule has 0 aromatic heterocycles. The van der Waals surface area contributed by atoms with Crippen LogP contribution in [-0.4, -0.2) is 34.5 Å². The van der Waals surface area contributed by atoms with E-state index in [1.54, 1.807) is 0 Å². The number of hydrogen-bond acceptors (Lipinski definition) is 2. The van der Waals surface area contributed by atoms with Crippen molar-refractivity contribution in [2.75, 3.05) is 18.0 Å². The summed E-state index contributed by atoms with van der Waals surface area (Å²) in [7, 11) is 0. The molecule has 3 aromatic rings. The molecule has 0 saturated heterocycles. The number of carboxylic acids is 1. The second-order valence-corrected chi connectivity index (χ2v) is 12.2. The monoisotopic (exact) mass is 547 g/mol. The van der Waals surface area contributed by atoms with Crippen LogP contribution in [0.2, 0.25) is 0 Å². The highest BCUT2D eigenvalue weighted by Gasteiger charge is 2.45. The molecule has 0 spiro atoms. The predicted octanol–water partition coefficient (Wildman–Crippen LogP) is 8.68. The Hall–Kier alpha value is -3.92. The van der Waals surface area contributed by atoms with Gasteiger partial charge in [-0.25, -0.2) is 0 Å². The number of para-hydroxylation sites is 1. The molecule has 0 saturated carbocycles. The number of allylic oxidation sites excluding steroid dienone is 6. The van der Waals surface area contributed by atoms with E-state index in [1.165, 1.54) is 44.7 Å². The highest BCUT2D eigenvalue weighted by molar-refractivity contribution is 6.07. The van der Waals surface area contributed by atoms with E-state index in [4.69, 9.17) is 5.11 Å². The maximum atomic E-state index is 11.0. The average Bonchev–Trinajstić information content (AvgIpc) is 3.31. The van der Waals surface area contributed by atoms with Gasteiger partial charge < -0.3 is 10.0 Å². The maximum absolute atomic E-state index is 11.0.